The number of rotatable bonds is 6. The van der Waals surface area contributed by atoms with Gasteiger partial charge in [-0.3, -0.25) is 0 Å². The van der Waals surface area contributed by atoms with Gasteiger partial charge in [0.15, 0.2) is 0 Å². The monoisotopic (exact) mass is 430 g/mol. The van der Waals surface area contributed by atoms with Crippen molar-refractivity contribution in [2.75, 3.05) is 13.2 Å². The zero-order valence-corrected chi connectivity index (χ0v) is 17.3. The third-order valence-electron chi connectivity index (χ3n) is 1.89. The summed E-state index contributed by atoms with van der Waals surface area (Å²) in [5.74, 6) is -1.60. The second kappa shape index (κ2) is 20.9. The number of aliphatic hydroxyl groups excluding tert-OH is 2. The van der Waals surface area contributed by atoms with Crippen LogP contribution < -0.4 is 0 Å². The van der Waals surface area contributed by atoms with Crippen molar-refractivity contribution >= 4 is 11.9 Å². The van der Waals surface area contributed by atoms with Gasteiger partial charge in [-0.2, -0.15) is 0 Å². The topological polar surface area (TPSA) is 117 Å². The first-order valence-corrected chi connectivity index (χ1v) is 7.13. The van der Waals surface area contributed by atoms with E-state index < -0.39 is 24.8 Å². The van der Waals surface area contributed by atoms with Gasteiger partial charge in [0.1, 0.15) is 6.61 Å². The van der Waals surface area contributed by atoms with E-state index in [-0.39, 0.29) is 32.7 Å². The smallest absolute Gasteiger partial charge is 0.333 e. The first kappa shape index (κ1) is 28.7. The van der Waals surface area contributed by atoms with Crippen molar-refractivity contribution in [3.8, 4) is 0 Å². The molecule has 2 unspecified atom stereocenters. The summed E-state index contributed by atoms with van der Waals surface area (Å²) >= 11 is 0. The number of allylic oxidation sites excluding steroid dienone is 6. The average Bonchev–Trinajstić information content (AvgIpc) is 3.31. The molecule has 0 amide bonds. The molecule has 7 nitrogen and oxygen atoms in total. The molecule has 1 radical (unpaired) electrons. The summed E-state index contributed by atoms with van der Waals surface area (Å²) in [5, 5.41) is 24.9. The van der Waals surface area contributed by atoms with Crippen molar-refractivity contribution in [3.63, 3.8) is 0 Å². The Morgan fingerprint density at radius 2 is 1.64 bits per heavy atom. The molecule has 0 spiro atoms. The fourth-order valence-electron chi connectivity index (χ4n) is 0.773. The molecule has 1 saturated heterocycles. The quantitative estimate of drug-likeness (QED) is 0.146. The van der Waals surface area contributed by atoms with Gasteiger partial charge in [0, 0.05) is 51.5 Å². The Labute approximate surface area is 173 Å². The number of carbonyl (C=O) groups excluding carboxylic acids is 1. The minimum absolute atomic E-state index is 0. The normalized spacial score (nSPS) is 16.6. The first-order valence-electron chi connectivity index (χ1n) is 7.13. The maximum atomic E-state index is 10.7. The molecule has 1 aliphatic heterocycles. The van der Waals surface area contributed by atoms with Crippen molar-refractivity contribution in [2.45, 2.75) is 26.2 Å². The number of carboxylic acids is 1. The second-order valence-corrected chi connectivity index (χ2v) is 4.14. The minimum atomic E-state index is -1.44. The Hall–Kier alpha value is -1.12. The maximum absolute atomic E-state index is 10.7. The molecule has 0 saturated carbocycles. The van der Waals surface area contributed by atoms with E-state index >= 15 is 0 Å². The number of epoxide rings is 1. The number of aliphatic carboxylic acids is 1. The molecule has 25 heavy (non-hydrogen) atoms. The van der Waals surface area contributed by atoms with E-state index in [2.05, 4.69) is 16.4 Å². The fraction of sp³-hybridized carbons (Fsp3) is 0.353. The first-order chi connectivity index (χ1) is 11.4. The number of carbonyl (C=O) groups is 2. The molecule has 1 fully saturated rings. The van der Waals surface area contributed by atoms with Gasteiger partial charge in [-0.15, -0.1) is 0 Å². The van der Waals surface area contributed by atoms with Crippen LogP contribution in [0, 0.1) is 6.92 Å². The number of hydrogen-bond acceptors (Lipinski definition) is 6. The molecule has 1 aliphatic rings. The summed E-state index contributed by atoms with van der Waals surface area (Å²) in [5.41, 5.74) is 0. The summed E-state index contributed by atoms with van der Waals surface area (Å²) in [6.45, 7) is 7.44. The van der Waals surface area contributed by atoms with Crippen molar-refractivity contribution in [3.05, 3.63) is 55.5 Å². The van der Waals surface area contributed by atoms with Crippen molar-refractivity contribution in [1.82, 2.24) is 0 Å². The number of ether oxygens (including phenoxy) is 2. The van der Waals surface area contributed by atoms with Gasteiger partial charge in [0.2, 0.25) is 6.29 Å². The standard InChI is InChI=1S/C8H12O4.C6H8O2.C3H5O.Y/c1-2-3-4-5-7(10)12-8(11)6-9;1-2-3-4-5-6(7)8;1-3-2-4-3;/h2-5,8-9,11H,6H2,1H3;2-5H,1H3,(H,7,8);3H,1-2H2;/q;;-1;/b2*3-2+,5-4+;;. The van der Waals surface area contributed by atoms with Gasteiger partial charge in [0.25, 0.3) is 0 Å². The van der Waals surface area contributed by atoms with Crippen LogP contribution in [0.5, 0.6) is 0 Å². The van der Waals surface area contributed by atoms with Crippen LogP contribution in [-0.4, -0.2) is 52.9 Å². The van der Waals surface area contributed by atoms with Crippen LogP contribution in [-0.2, 0) is 51.8 Å². The predicted octanol–water partition coefficient (Wildman–Crippen LogP) is 1.39. The molecular formula is C17H25O7Y-. The molecular weight excluding hydrogens is 405 g/mol. The van der Waals surface area contributed by atoms with Gasteiger partial charge < -0.3 is 31.7 Å². The second-order valence-electron chi connectivity index (χ2n) is 4.14. The largest absolute Gasteiger partial charge is 0.478 e. The molecule has 3 N–H and O–H groups in total. The van der Waals surface area contributed by atoms with E-state index in [1.54, 1.807) is 31.2 Å². The van der Waals surface area contributed by atoms with Crippen LogP contribution in [0.15, 0.2) is 48.6 Å². The van der Waals surface area contributed by atoms with Crippen LogP contribution in [0.1, 0.15) is 13.8 Å². The maximum Gasteiger partial charge on any atom is 0.333 e. The van der Waals surface area contributed by atoms with Crippen molar-refractivity contribution < 1.29 is 67.1 Å². The van der Waals surface area contributed by atoms with E-state index in [0.29, 0.717) is 6.10 Å². The summed E-state index contributed by atoms with van der Waals surface area (Å²) < 4.78 is 8.89. The fourth-order valence-corrected chi connectivity index (χ4v) is 0.773. The summed E-state index contributed by atoms with van der Waals surface area (Å²) in [6.07, 6.45) is 10.9. The SMILES string of the molecule is C/C=C/C=C/C(=O)O.C/C=C/C=C/C(=O)OC(O)CO.[CH2-]C1CO1.[Y]. The zero-order chi connectivity index (χ0) is 18.8. The van der Waals surface area contributed by atoms with E-state index in [4.69, 9.17) is 15.3 Å². The van der Waals surface area contributed by atoms with Crippen molar-refractivity contribution in [1.29, 1.82) is 0 Å². The molecule has 0 aromatic carbocycles. The number of hydrogen-bond donors (Lipinski definition) is 3. The predicted molar refractivity (Wildman–Crippen MR) is 89.8 cm³/mol. The van der Waals surface area contributed by atoms with Crippen LogP contribution in [0.3, 0.4) is 0 Å². The van der Waals surface area contributed by atoms with E-state index in [1.807, 2.05) is 6.92 Å². The molecule has 139 valence electrons. The van der Waals surface area contributed by atoms with Crippen molar-refractivity contribution in [2.24, 2.45) is 0 Å². The molecule has 0 aromatic heterocycles. The molecule has 8 heteroatoms. The third-order valence-corrected chi connectivity index (χ3v) is 1.89. The van der Waals surface area contributed by atoms with Crippen LogP contribution >= 0.6 is 0 Å². The Kier molecular flexibility index (Phi) is 24.0. The Bertz CT molecular complexity index is 452. The number of carboxylic acid groups (broad SMARTS) is 1. The van der Waals surface area contributed by atoms with Gasteiger partial charge in [-0.05, 0) is 20.0 Å². The zero-order valence-electron chi connectivity index (χ0n) is 14.4. The molecule has 0 aromatic rings. The van der Waals surface area contributed by atoms with E-state index in [1.165, 1.54) is 12.2 Å². The molecule has 1 heterocycles. The summed E-state index contributed by atoms with van der Waals surface area (Å²) in [6, 6.07) is 0. The number of aliphatic hydroxyl groups is 2. The molecule has 2 atom stereocenters. The van der Waals surface area contributed by atoms with Crippen LogP contribution in [0.25, 0.3) is 0 Å². The van der Waals surface area contributed by atoms with Gasteiger partial charge >= 0.3 is 11.9 Å². The van der Waals surface area contributed by atoms with Crippen LogP contribution in [0.2, 0.25) is 0 Å². The Morgan fingerprint density at radius 3 is 1.96 bits per heavy atom. The van der Waals surface area contributed by atoms with Gasteiger partial charge in [-0.1, -0.05) is 36.5 Å². The van der Waals surface area contributed by atoms with E-state index in [0.717, 1.165) is 18.8 Å². The van der Waals surface area contributed by atoms with Gasteiger partial charge in [0.05, 0.1) is 0 Å². The Balaban J connectivity index is -0.000000319. The average molecular weight is 430 g/mol. The summed E-state index contributed by atoms with van der Waals surface area (Å²) in [7, 11) is 0. The Morgan fingerprint density at radius 1 is 1.20 bits per heavy atom. The van der Waals surface area contributed by atoms with Crippen LogP contribution in [0.4, 0.5) is 0 Å². The minimum Gasteiger partial charge on any atom is -0.478 e. The molecule has 0 bridgehead atoms. The third kappa shape index (κ3) is 31.2. The van der Waals surface area contributed by atoms with Gasteiger partial charge in [-0.25, -0.2) is 9.59 Å². The summed E-state index contributed by atoms with van der Waals surface area (Å²) in [4.78, 5) is 20.4. The molecule has 0 aliphatic carbocycles. The number of esters is 1. The van der Waals surface area contributed by atoms with E-state index in [9.17, 15) is 9.59 Å². The molecule has 1 rings (SSSR count).